The molecule has 0 atom stereocenters. The molecule has 1 saturated carbocycles. The molecule has 0 aliphatic heterocycles. The lowest BCUT2D eigenvalue weighted by Crippen LogP contribution is -2.07. The van der Waals surface area contributed by atoms with Gasteiger partial charge in [-0.25, -0.2) is 4.39 Å². The van der Waals surface area contributed by atoms with Crippen LogP contribution < -0.4 is 0 Å². The third-order valence-electron chi connectivity index (χ3n) is 3.12. The molecule has 1 fully saturated rings. The molecule has 1 aliphatic rings. The summed E-state index contributed by atoms with van der Waals surface area (Å²) >= 11 is 0. The highest BCUT2D eigenvalue weighted by Crippen LogP contribution is 2.37. The van der Waals surface area contributed by atoms with Crippen LogP contribution in [0.15, 0.2) is 18.2 Å². The van der Waals surface area contributed by atoms with Gasteiger partial charge < -0.3 is 0 Å². The second-order valence-electron chi connectivity index (χ2n) is 4.22. The van der Waals surface area contributed by atoms with Crippen LogP contribution in [0.1, 0.15) is 42.7 Å². The molecule has 2 rings (SSSR count). The van der Waals surface area contributed by atoms with Crippen LogP contribution in [0.2, 0.25) is 0 Å². The van der Waals surface area contributed by atoms with Crippen LogP contribution in [0.3, 0.4) is 0 Å². The molecule has 0 saturated heterocycles. The molecule has 0 bridgehead atoms. The Morgan fingerprint density at radius 3 is 2.19 bits per heavy atom. The Labute approximate surface area is 91.3 Å². The minimum Gasteiger partial charge on any atom is -0.207 e. The van der Waals surface area contributed by atoms with Gasteiger partial charge in [0.15, 0.2) is 0 Å². The maximum absolute atomic E-state index is 13.5. The van der Waals surface area contributed by atoms with Crippen LogP contribution in [0.5, 0.6) is 0 Å². The SMILES string of the molecule is Fc1cc(C(F)(F)F)ccc1C1CCCC1. The van der Waals surface area contributed by atoms with E-state index >= 15 is 0 Å². The van der Waals surface area contributed by atoms with Gasteiger partial charge in [0.25, 0.3) is 0 Å². The maximum atomic E-state index is 13.5. The lowest BCUT2D eigenvalue weighted by atomic mass is 9.96. The van der Waals surface area contributed by atoms with E-state index in [0.717, 1.165) is 31.7 Å². The molecular weight excluding hydrogens is 220 g/mol. The van der Waals surface area contributed by atoms with E-state index in [1.54, 1.807) is 0 Å². The zero-order chi connectivity index (χ0) is 11.8. The second kappa shape index (κ2) is 4.07. The monoisotopic (exact) mass is 232 g/mol. The minimum absolute atomic E-state index is 0.0993. The van der Waals surface area contributed by atoms with E-state index in [-0.39, 0.29) is 5.92 Å². The molecule has 1 aromatic rings. The van der Waals surface area contributed by atoms with Crippen LogP contribution in [-0.2, 0) is 6.18 Å². The summed E-state index contributed by atoms with van der Waals surface area (Å²) < 4.78 is 50.5. The van der Waals surface area contributed by atoms with E-state index in [9.17, 15) is 17.6 Å². The van der Waals surface area contributed by atoms with Crippen LogP contribution in [-0.4, -0.2) is 0 Å². The Morgan fingerprint density at radius 2 is 1.69 bits per heavy atom. The van der Waals surface area contributed by atoms with Crippen molar-refractivity contribution in [1.29, 1.82) is 0 Å². The summed E-state index contributed by atoms with van der Waals surface area (Å²) in [6.07, 6.45) is -0.643. The van der Waals surface area contributed by atoms with E-state index in [0.29, 0.717) is 11.6 Å². The van der Waals surface area contributed by atoms with Crippen LogP contribution >= 0.6 is 0 Å². The van der Waals surface area contributed by atoms with Gasteiger partial charge >= 0.3 is 6.18 Å². The Morgan fingerprint density at radius 1 is 1.06 bits per heavy atom. The standard InChI is InChI=1S/C12H12F4/c13-11-7-9(12(14,15)16)5-6-10(11)8-3-1-2-4-8/h5-8H,1-4H2. The molecule has 0 aromatic heterocycles. The molecule has 0 amide bonds. The first kappa shape index (κ1) is 11.4. The van der Waals surface area contributed by atoms with Gasteiger partial charge in [-0.15, -0.1) is 0 Å². The Balaban J connectivity index is 2.29. The predicted octanol–water partition coefficient (Wildman–Crippen LogP) is 4.50. The average molecular weight is 232 g/mol. The molecule has 16 heavy (non-hydrogen) atoms. The molecule has 1 aliphatic carbocycles. The van der Waals surface area contributed by atoms with Gasteiger partial charge in [0.1, 0.15) is 5.82 Å². The lowest BCUT2D eigenvalue weighted by molar-refractivity contribution is -0.137. The first-order chi connectivity index (χ1) is 7.48. The van der Waals surface area contributed by atoms with Crippen molar-refractivity contribution in [3.63, 3.8) is 0 Å². The highest BCUT2D eigenvalue weighted by Gasteiger charge is 2.32. The van der Waals surface area contributed by atoms with Gasteiger partial charge in [0.05, 0.1) is 5.56 Å². The van der Waals surface area contributed by atoms with Crippen LogP contribution in [0.25, 0.3) is 0 Å². The molecule has 1 aromatic carbocycles. The van der Waals surface area contributed by atoms with Gasteiger partial charge in [0, 0.05) is 0 Å². The molecule has 0 N–H and O–H groups in total. The van der Waals surface area contributed by atoms with E-state index in [4.69, 9.17) is 0 Å². The summed E-state index contributed by atoms with van der Waals surface area (Å²) in [6.45, 7) is 0. The largest absolute Gasteiger partial charge is 0.416 e. The summed E-state index contributed by atoms with van der Waals surface area (Å²) in [6, 6.07) is 2.86. The molecular formula is C12H12F4. The number of rotatable bonds is 1. The molecule has 88 valence electrons. The van der Waals surface area contributed by atoms with Crippen molar-refractivity contribution in [3.8, 4) is 0 Å². The van der Waals surface area contributed by atoms with E-state index in [1.807, 2.05) is 0 Å². The zero-order valence-electron chi connectivity index (χ0n) is 8.65. The zero-order valence-corrected chi connectivity index (χ0v) is 8.65. The molecule has 4 heteroatoms. The fourth-order valence-electron chi connectivity index (χ4n) is 2.27. The number of halogens is 4. The number of hydrogen-bond acceptors (Lipinski definition) is 0. The number of alkyl halides is 3. The Bertz CT molecular complexity index is 375. The lowest BCUT2D eigenvalue weighted by Gasteiger charge is -2.13. The summed E-state index contributed by atoms with van der Waals surface area (Å²) in [5.74, 6) is -0.621. The number of hydrogen-bond donors (Lipinski definition) is 0. The highest BCUT2D eigenvalue weighted by molar-refractivity contribution is 5.29. The van der Waals surface area contributed by atoms with Crippen molar-refractivity contribution in [2.75, 3.05) is 0 Å². The quantitative estimate of drug-likeness (QED) is 0.625. The summed E-state index contributed by atoms with van der Waals surface area (Å²) in [5.41, 5.74) is -0.475. The first-order valence-electron chi connectivity index (χ1n) is 5.35. The van der Waals surface area contributed by atoms with Crippen molar-refractivity contribution in [2.24, 2.45) is 0 Å². The Hall–Kier alpha value is -1.06. The second-order valence-corrected chi connectivity index (χ2v) is 4.22. The van der Waals surface area contributed by atoms with Crippen molar-refractivity contribution in [2.45, 2.75) is 37.8 Å². The van der Waals surface area contributed by atoms with Crippen LogP contribution in [0, 0.1) is 5.82 Å². The topological polar surface area (TPSA) is 0 Å². The van der Waals surface area contributed by atoms with Crippen molar-refractivity contribution >= 4 is 0 Å². The first-order valence-corrected chi connectivity index (χ1v) is 5.35. The average Bonchev–Trinajstić information content (AvgIpc) is 2.69. The van der Waals surface area contributed by atoms with Crippen molar-refractivity contribution in [1.82, 2.24) is 0 Å². The van der Waals surface area contributed by atoms with Crippen molar-refractivity contribution in [3.05, 3.63) is 35.1 Å². The third kappa shape index (κ3) is 2.20. The van der Waals surface area contributed by atoms with Crippen LogP contribution in [0.4, 0.5) is 17.6 Å². The smallest absolute Gasteiger partial charge is 0.207 e. The van der Waals surface area contributed by atoms with E-state index in [1.165, 1.54) is 6.07 Å². The molecule has 0 spiro atoms. The summed E-state index contributed by atoms with van der Waals surface area (Å²) in [4.78, 5) is 0. The Kier molecular flexibility index (Phi) is 2.91. The van der Waals surface area contributed by atoms with Gasteiger partial charge in [-0.1, -0.05) is 18.9 Å². The highest BCUT2D eigenvalue weighted by atomic mass is 19.4. The minimum atomic E-state index is -4.46. The predicted molar refractivity (Wildman–Crippen MR) is 52.6 cm³/mol. The van der Waals surface area contributed by atoms with Gasteiger partial charge in [-0.05, 0) is 36.5 Å². The fraction of sp³-hybridized carbons (Fsp3) is 0.500. The fourth-order valence-corrected chi connectivity index (χ4v) is 2.27. The van der Waals surface area contributed by atoms with Gasteiger partial charge in [-0.2, -0.15) is 13.2 Å². The summed E-state index contributed by atoms with van der Waals surface area (Å²) in [7, 11) is 0. The third-order valence-corrected chi connectivity index (χ3v) is 3.12. The summed E-state index contributed by atoms with van der Waals surface area (Å²) in [5, 5.41) is 0. The van der Waals surface area contributed by atoms with E-state index < -0.39 is 17.6 Å². The normalized spacial score (nSPS) is 18.0. The molecule has 0 radical (unpaired) electrons. The van der Waals surface area contributed by atoms with Gasteiger partial charge in [0.2, 0.25) is 0 Å². The molecule has 0 heterocycles. The molecule has 0 nitrogen and oxygen atoms in total. The number of benzene rings is 1. The maximum Gasteiger partial charge on any atom is 0.416 e. The van der Waals surface area contributed by atoms with E-state index in [2.05, 4.69) is 0 Å². The van der Waals surface area contributed by atoms with Crippen molar-refractivity contribution < 1.29 is 17.6 Å². The molecule has 0 unspecified atom stereocenters. The van der Waals surface area contributed by atoms with Gasteiger partial charge in [-0.3, -0.25) is 0 Å².